The summed E-state index contributed by atoms with van der Waals surface area (Å²) in [4.78, 5) is 30.0. The van der Waals surface area contributed by atoms with Gasteiger partial charge in [0.2, 0.25) is 0 Å². The summed E-state index contributed by atoms with van der Waals surface area (Å²) in [6.45, 7) is 0. The van der Waals surface area contributed by atoms with Crippen molar-refractivity contribution < 1.29 is 19.1 Å². The average Bonchev–Trinajstić information content (AvgIpc) is 2.82. The van der Waals surface area contributed by atoms with Crippen LogP contribution in [0.2, 0.25) is 0 Å². The summed E-state index contributed by atoms with van der Waals surface area (Å²) in [6, 6.07) is 6.94. The largest absolute Gasteiger partial charge is 0.415 e. The van der Waals surface area contributed by atoms with Crippen LogP contribution >= 0.6 is 0 Å². The monoisotopic (exact) mass is 492 g/mol. The molecule has 6 nitrogen and oxygen atoms in total. The van der Waals surface area contributed by atoms with E-state index in [1.807, 2.05) is 23.9 Å². The second kappa shape index (κ2) is 8.13. The van der Waals surface area contributed by atoms with Gasteiger partial charge in [-0.2, -0.15) is 0 Å². The summed E-state index contributed by atoms with van der Waals surface area (Å²) in [6.07, 6.45) is 14.3. The van der Waals surface area contributed by atoms with Crippen LogP contribution in [0.4, 0.5) is 9.59 Å². The van der Waals surface area contributed by atoms with Crippen molar-refractivity contribution in [3.05, 3.63) is 24.3 Å². The van der Waals surface area contributed by atoms with E-state index in [4.69, 9.17) is 9.47 Å². The van der Waals surface area contributed by atoms with Crippen LogP contribution in [0.5, 0.6) is 11.5 Å². The zero-order chi connectivity index (χ0) is 24.7. The lowest BCUT2D eigenvalue weighted by Gasteiger charge is -2.59. The molecule has 0 atom stereocenters. The molecule has 1 aromatic carbocycles. The minimum atomic E-state index is -0.275. The molecule has 0 radical (unpaired) electrons. The number of nitrogens with zero attached hydrogens (tertiary/aromatic N) is 2. The second-order valence-corrected chi connectivity index (χ2v) is 13.6. The Labute approximate surface area is 214 Å². The van der Waals surface area contributed by atoms with Crippen LogP contribution in [-0.2, 0) is 0 Å². The van der Waals surface area contributed by atoms with Crippen LogP contribution in [0, 0.1) is 35.5 Å². The Morgan fingerprint density at radius 2 is 0.833 bits per heavy atom. The molecular formula is C30H40N2O4. The Morgan fingerprint density at radius 1 is 0.583 bits per heavy atom. The lowest BCUT2D eigenvalue weighted by Crippen LogP contribution is -2.60. The van der Waals surface area contributed by atoms with Gasteiger partial charge in [-0.1, -0.05) is 0 Å². The highest BCUT2D eigenvalue weighted by molar-refractivity contribution is 5.73. The van der Waals surface area contributed by atoms with Crippen LogP contribution in [0.3, 0.4) is 0 Å². The molecular weight excluding hydrogens is 452 g/mol. The van der Waals surface area contributed by atoms with Crippen LogP contribution in [0.15, 0.2) is 24.3 Å². The van der Waals surface area contributed by atoms with E-state index in [1.54, 1.807) is 24.3 Å². The van der Waals surface area contributed by atoms with E-state index in [0.717, 1.165) is 74.0 Å². The van der Waals surface area contributed by atoms with Crippen LogP contribution in [-0.4, -0.2) is 47.2 Å². The highest BCUT2D eigenvalue weighted by Gasteiger charge is 2.55. The molecule has 8 aliphatic carbocycles. The molecule has 0 unspecified atom stereocenters. The topological polar surface area (TPSA) is 59.1 Å². The third-order valence-corrected chi connectivity index (χ3v) is 11.2. The maximum Gasteiger partial charge on any atom is 0.415 e. The summed E-state index contributed by atoms with van der Waals surface area (Å²) < 4.78 is 11.5. The zero-order valence-corrected chi connectivity index (χ0v) is 21.8. The van der Waals surface area contributed by atoms with Crippen molar-refractivity contribution in [2.45, 2.75) is 88.1 Å². The van der Waals surface area contributed by atoms with Gasteiger partial charge in [0.05, 0.1) is 0 Å². The van der Waals surface area contributed by atoms with E-state index in [-0.39, 0.29) is 23.3 Å². The number of carbonyl (C=O) groups excluding carboxylic acids is 2. The van der Waals surface area contributed by atoms with Crippen molar-refractivity contribution in [3.63, 3.8) is 0 Å². The fourth-order valence-corrected chi connectivity index (χ4v) is 10.3. The van der Waals surface area contributed by atoms with Gasteiger partial charge < -0.3 is 19.3 Å². The fourth-order valence-electron chi connectivity index (χ4n) is 10.3. The van der Waals surface area contributed by atoms with E-state index in [0.29, 0.717) is 11.5 Å². The molecule has 2 amide bonds. The van der Waals surface area contributed by atoms with E-state index >= 15 is 0 Å². The molecule has 0 spiro atoms. The Kier molecular flexibility index (Phi) is 5.17. The van der Waals surface area contributed by atoms with Gasteiger partial charge in [-0.15, -0.1) is 0 Å². The van der Waals surface area contributed by atoms with Crippen molar-refractivity contribution in [2.75, 3.05) is 14.1 Å². The van der Waals surface area contributed by atoms with Gasteiger partial charge >= 0.3 is 12.2 Å². The minimum absolute atomic E-state index is 0.0247. The van der Waals surface area contributed by atoms with Crippen LogP contribution in [0.1, 0.15) is 77.0 Å². The third kappa shape index (κ3) is 3.73. The standard InChI is InChI=1S/C30H40N2O4/c1-31(29-13-19-7-20(14-29)9-21(8-19)15-29)27(33)35-25-3-5-26(6-4-25)36-28(34)32(2)30-16-22-10-23(17-30)12-24(11-22)18-30/h3-6,19-24H,7-18H2,1-2H3. The molecule has 0 heterocycles. The van der Waals surface area contributed by atoms with Gasteiger partial charge in [0.25, 0.3) is 0 Å². The van der Waals surface area contributed by atoms with Crippen molar-refractivity contribution in [3.8, 4) is 11.5 Å². The first-order valence-electron chi connectivity index (χ1n) is 14.3. The molecule has 8 saturated carbocycles. The molecule has 8 aliphatic rings. The first-order chi connectivity index (χ1) is 17.3. The Bertz CT molecular complexity index is 896. The molecule has 1 aromatic rings. The highest BCUT2D eigenvalue weighted by atomic mass is 16.6. The number of rotatable bonds is 4. The highest BCUT2D eigenvalue weighted by Crippen LogP contribution is 2.58. The number of benzene rings is 1. The molecule has 0 N–H and O–H groups in total. The Morgan fingerprint density at radius 3 is 1.08 bits per heavy atom. The second-order valence-electron chi connectivity index (χ2n) is 13.6. The zero-order valence-electron chi connectivity index (χ0n) is 21.8. The average molecular weight is 493 g/mol. The number of carbonyl (C=O) groups is 2. The molecule has 6 heteroatoms. The smallest absolute Gasteiger partial charge is 0.410 e. The number of amides is 2. The maximum absolute atomic E-state index is 13.1. The summed E-state index contributed by atoms with van der Waals surface area (Å²) in [5.41, 5.74) is -0.0493. The first kappa shape index (κ1) is 22.9. The van der Waals surface area contributed by atoms with Crippen molar-refractivity contribution in [1.29, 1.82) is 0 Å². The SMILES string of the molecule is CN(C(=O)Oc1ccc(OC(=O)N(C)C23CC4CC(CC(C4)C2)C3)cc1)C12CC3CC(CC(C3)C1)C2. The maximum atomic E-state index is 13.1. The predicted molar refractivity (Wildman–Crippen MR) is 136 cm³/mol. The Balaban J connectivity index is 0.975. The molecule has 194 valence electrons. The van der Waals surface area contributed by atoms with Crippen molar-refractivity contribution in [2.24, 2.45) is 35.5 Å². The minimum Gasteiger partial charge on any atom is -0.410 e. The van der Waals surface area contributed by atoms with Crippen molar-refractivity contribution in [1.82, 2.24) is 9.80 Å². The summed E-state index contributed by atoms with van der Waals surface area (Å²) in [7, 11) is 3.85. The molecule has 0 aliphatic heterocycles. The van der Waals surface area contributed by atoms with Gasteiger partial charge in [0.1, 0.15) is 11.5 Å². The Hall–Kier alpha value is -2.24. The number of hydrogen-bond acceptors (Lipinski definition) is 4. The quantitative estimate of drug-likeness (QED) is 0.482. The normalized spacial score (nSPS) is 41.3. The molecule has 8 fully saturated rings. The van der Waals surface area contributed by atoms with E-state index in [1.165, 1.54) is 38.5 Å². The molecule has 0 saturated heterocycles. The molecule has 9 rings (SSSR count). The van der Waals surface area contributed by atoms with Gasteiger partial charge in [-0.3, -0.25) is 0 Å². The summed E-state index contributed by atoms with van der Waals surface area (Å²) >= 11 is 0. The van der Waals surface area contributed by atoms with Crippen LogP contribution in [0.25, 0.3) is 0 Å². The van der Waals surface area contributed by atoms with E-state index in [2.05, 4.69) is 0 Å². The van der Waals surface area contributed by atoms with Gasteiger partial charge in [-0.25, -0.2) is 9.59 Å². The third-order valence-electron chi connectivity index (χ3n) is 11.2. The molecule has 36 heavy (non-hydrogen) atoms. The van der Waals surface area contributed by atoms with Gasteiger partial charge in [0.15, 0.2) is 0 Å². The lowest BCUT2D eigenvalue weighted by atomic mass is 9.52. The van der Waals surface area contributed by atoms with E-state index in [9.17, 15) is 9.59 Å². The molecule has 8 bridgehead atoms. The predicted octanol–water partition coefficient (Wildman–Crippen LogP) is 6.49. The van der Waals surface area contributed by atoms with E-state index < -0.39 is 0 Å². The van der Waals surface area contributed by atoms with Crippen LogP contribution < -0.4 is 9.47 Å². The number of hydrogen-bond donors (Lipinski definition) is 0. The van der Waals surface area contributed by atoms with Gasteiger partial charge in [0, 0.05) is 25.2 Å². The lowest BCUT2D eigenvalue weighted by molar-refractivity contribution is -0.0681. The summed E-state index contributed by atoms with van der Waals surface area (Å²) in [5, 5.41) is 0. The molecule has 0 aromatic heterocycles. The summed E-state index contributed by atoms with van der Waals surface area (Å²) in [5.74, 6) is 5.63. The number of ether oxygens (including phenoxy) is 2. The first-order valence-corrected chi connectivity index (χ1v) is 14.3. The van der Waals surface area contributed by atoms with Crippen molar-refractivity contribution >= 4 is 12.2 Å². The van der Waals surface area contributed by atoms with Gasteiger partial charge in [-0.05, 0) is 137 Å². The fraction of sp³-hybridized carbons (Fsp3) is 0.733.